The van der Waals surface area contributed by atoms with Crippen molar-refractivity contribution < 1.29 is 22.7 Å². The van der Waals surface area contributed by atoms with Crippen LogP contribution in [0, 0.1) is 17.3 Å². The molecule has 0 aliphatic carbocycles. The molecule has 0 fully saturated rings. The van der Waals surface area contributed by atoms with Gasteiger partial charge < -0.3 is 13.1 Å². The average Bonchev–Trinajstić information content (AvgIpc) is 2.34. The summed E-state index contributed by atoms with van der Waals surface area (Å²) in [4.78, 5) is 22.1. The maximum absolute atomic E-state index is 11.1. The number of hydrogen-bond acceptors (Lipinski definition) is 2. The van der Waals surface area contributed by atoms with Gasteiger partial charge in [-0.25, -0.2) is 0 Å². The molecule has 0 radical (unpaired) electrons. The Balaban J connectivity index is -0.000000667. The normalized spacial score (nSPS) is 12.8. The molecule has 0 heterocycles. The van der Waals surface area contributed by atoms with Crippen LogP contribution in [-0.4, -0.2) is 45.2 Å². The van der Waals surface area contributed by atoms with Gasteiger partial charge in [0.2, 0.25) is 0 Å². The summed E-state index contributed by atoms with van der Waals surface area (Å²) in [6, 6.07) is 0. The molecule has 0 saturated carbocycles. The zero-order chi connectivity index (χ0) is 16.5. The first-order valence-electron chi connectivity index (χ1n) is 8.15. The van der Waals surface area contributed by atoms with Gasteiger partial charge in [-0.05, 0) is 24.2 Å². The van der Waals surface area contributed by atoms with Crippen LogP contribution in [-0.2, 0) is 9.59 Å². The second kappa shape index (κ2) is 12.2. The van der Waals surface area contributed by atoms with Gasteiger partial charge in [-0.1, -0.05) is 66.2 Å². The quantitative estimate of drug-likeness (QED) is 0.335. The number of carbonyl (C=O) groups is 2. The van der Waals surface area contributed by atoms with E-state index in [2.05, 4.69) is 27.7 Å². The maximum atomic E-state index is 11.1. The van der Waals surface area contributed by atoms with E-state index < -0.39 is 17.9 Å². The summed E-state index contributed by atoms with van der Waals surface area (Å²) in [5.41, 5.74) is -0.0629. The van der Waals surface area contributed by atoms with Gasteiger partial charge in [0, 0.05) is 0 Å². The topological polar surface area (TPSA) is 74.6 Å². The fourth-order valence-corrected chi connectivity index (χ4v) is 2.67. The maximum Gasteiger partial charge on any atom is 2.00 e. The third kappa shape index (κ3) is 10.4. The van der Waals surface area contributed by atoms with E-state index in [1.165, 1.54) is 25.7 Å². The molecule has 128 valence electrons. The molecule has 4 nitrogen and oxygen atoms in total. The van der Waals surface area contributed by atoms with E-state index in [9.17, 15) is 9.59 Å². The van der Waals surface area contributed by atoms with Crippen molar-refractivity contribution in [1.82, 2.24) is 0 Å². The number of rotatable bonds is 11. The van der Waals surface area contributed by atoms with Crippen LogP contribution in [0.5, 0.6) is 0 Å². The molecule has 5 heteroatoms. The smallest absolute Gasteiger partial charge is 1.00 e. The largest absolute Gasteiger partial charge is 2.00 e. The molecule has 1 unspecified atom stereocenters. The van der Waals surface area contributed by atoms with Crippen molar-refractivity contribution in [1.29, 1.82) is 0 Å². The first kappa shape index (κ1) is 24.0. The summed E-state index contributed by atoms with van der Waals surface area (Å²) >= 11 is 0. The molecule has 0 aliphatic rings. The SMILES string of the molecule is CCCCCCCCC(CC(C(=O)O)C(=O)O)C(C)(C)C.[H-].[H-].[Mg+2]. The van der Waals surface area contributed by atoms with E-state index in [-0.39, 0.29) is 43.7 Å². The Morgan fingerprint density at radius 1 is 0.955 bits per heavy atom. The summed E-state index contributed by atoms with van der Waals surface area (Å²) in [5, 5.41) is 18.1. The Hall–Kier alpha value is -0.294. The average molecular weight is 327 g/mol. The van der Waals surface area contributed by atoms with Gasteiger partial charge in [0.25, 0.3) is 0 Å². The number of carboxylic acid groups (broad SMARTS) is 2. The predicted octanol–water partition coefficient (Wildman–Crippen LogP) is 4.42. The van der Waals surface area contributed by atoms with Crippen molar-refractivity contribution in [2.45, 2.75) is 79.1 Å². The third-order valence-electron chi connectivity index (χ3n) is 4.25. The molecule has 2 N–H and O–H groups in total. The minimum Gasteiger partial charge on any atom is -1.00 e. The standard InChI is InChI=1S/C17H32O4.Mg.2H/c1-5-6-7-8-9-10-11-13(17(2,3)4)12-14(15(18)19)16(20)21;;;/h13-14H,5-12H2,1-4H3,(H,18,19)(H,20,21);;;/q;+2;2*-1. The molecule has 0 rings (SSSR count). The van der Waals surface area contributed by atoms with E-state index in [1.807, 2.05) is 0 Å². The van der Waals surface area contributed by atoms with Crippen molar-refractivity contribution in [2.24, 2.45) is 17.3 Å². The van der Waals surface area contributed by atoms with Crippen LogP contribution in [0.15, 0.2) is 0 Å². The number of unbranched alkanes of at least 4 members (excludes halogenated alkanes) is 5. The molecule has 0 bridgehead atoms. The number of carboxylic acids is 2. The van der Waals surface area contributed by atoms with E-state index in [4.69, 9.17) is 10.2 Å². The molecular formula is C17H34MgO4. The van der Waals surface area contributed by atoms with Crippen molar-refractivity contribution in [2.75, 3.05) is 0 Å². The molecule has 0 spiro atoms. The Kier molecular flexibility index (Phi) is 13.3. The Bertz CT molecular complexity index is 319. The number of hydrogen-bond donors (Lipinski definition) is 2. The van der Waals surface area contributed by atoms with Crippen molar-refractivity contribution in [3.8, 4) is 0 Å². The molecule has 22 heavy (non-hydrogen) atoms. The van der Waals surface area contributed by atoms with Crippen LogP contribution >= 0.6 is 0 Å². The van der Waals surface area contributed by atoms with E-state index in [0.717, 1.165) is 19.3 Å². The van der Waals surface area contributed by atoms with Gasteiger partial charge in [0.1, 0.15) is 0 Å². The van der Waals surface area contributed by atoms with E-state index in [1.54, 1.807) is 0 Å². The monoisotopic (exact) mass is 326 g/mol. The summed E-state index contributed by atoms with van der Waals surface area (Å²) < 4.78 is 0. The molecule has 0 aromatic carbocycles. The number of aliphatic carboxylic acids is 2. The van der Waals surface area contributed by atoms with Crippen molar-refractivity contribution in [3.05, 3.63) is 0 Å². The minimum absolute atomic E-state index is 0. The first-order valence-corrected chi connectivity index (χ1v) is 8.15. The van der Waals surface area contributed by atoms with Gasteiger partial charge in [-0.3, -0.25) is 9.59 Å². The van der Waals surface area contributed by atoms with Crippen LogP contribution in [0.3, 0.4) is 0 Å². The zero-order valence-corrected chi connectivity index (χ0v) is 16.1. The fraction of sp³-hybridized carbons (Fsp3) is 0.882. The molecule has 0 aromatic rings. The Morgan fingerprint density at radius 3 is 1.82 bits per heavy atom. The zero-order valence-electron chi connectivity index (χ0n) is 16.7. The van der Waals surface area contributed by atoms with Gasteiger partial charge in [-0.15, -0.1) is 0 Å². The summed E-state index contributed by atoms with van der Waals surface area (Å²) in [5.74, 6) is -3.60. The molecule has 0 saturated heterocycles. The van der Waals surface area contributed by atoms with Crippen molar-refractivity contribution >= 4 is 35.0 Å². The van der Waals surface area contributed by atoms with E-state index >= 15 is 0 Å². The van der Waals surface area contributed by atoms with E-state index in [0.29, 0.717) is 0 Å². The first-order chi connectivity index (χ1) is 9.70. The fourth-order valence-electron chi connectivity index (χ4n) is 2.67. The van der Waals surface area contributed by atoms with Crippen LogP contribution in [0.4, 0.5) is 0 Å². The van der Waals surface area contributed by atoms with Gasteiger partial charge in [-0.2, -0.15) is 0 Å². The van der Waals surface area contributed by atoms with Crippen LogP contribution in [0.2, 0.25) is 0 Å². The summed E-state index contributed by atoms with van der Waals surface area (Å²) in [6.45, 7) is 8.38. The predicted molar refractivity (Wildman–Crippen MR) is 92.3 cm³/mol. The second-order valence-electron chi connectivity index (χ2n) is 7.08. The van der Waals surface area contributed by atoms with Crippen LogP contribution < -0.4 is 0 Å². The molecule has 0 aromatic heterocycles. The minimum atomic E-state index is -1.28. The molecule has 0 amide bonds. The molecule has 0 aliphatic heterocycles. The molecular weight excluding hydrogens is 292 g/mol. The Labute approximate surface area is 154 Å². The van der Waals surface area contributed by atoms with Crippen molar-refractivity contribution in [3.63, 3.8) is 0 Å². The van der Waals surface area contributed by atoms with Gasteiger partial charge in [0.05, 0.1) is 0 Å². The third-order valence-corrected chi connectivity index (χ3v) is 4.25. The van der Waals surface area contributed by atoms with Gasteiger partial charge in [0.15, 0.2) is 5.92 Å². The second-order valence-corrected chi connectivity index (χ2v) is 7.08. The summed E-state index contributed by atoms with van der Waals surface area (Å²) in [6.07, 6.45) is 8.30. The summed E-state index contributed by atoms with van der Waals surface area (Å²) in [7, 11) is 0. The Morgan fingerprint density at radius 2 is 1.41 bits per heavy atom. The molecule has 1 atom stereocenters. The van der Waals surface area contributed by atoms with Crippen LogP contribution in [0.25, 0.3) is 0 Å². The van der Waals surface area contributed by atoms with Gasteiger partial charge >= 0.3 is 35.0 Å². The van der Waals surface area contributed by atoms with Crippen LogP contribution in [0.1, 0.15) is 81.9 Å².